The molecule has 0 aromatic carbocycles. The SMILES string of the molecule is CC(C)(C)N(N)C(=O)c1ccccn1. The van der Waals surface area contributed by atoms with Gasteiger partial charge in [-0.05, 0) is 32.9 Å². The molecule has 4 heteroatoms. The van der Waals surface area contributed by atoms with Crippen LogP contribution >= 0.6 is 0 Å². The van der Waals surface area contributed by atoms with Gasteiger partial charge in [0.05, 0.1) is 5.54 Å². The zero-order valence-electron chi connectivity index (χ0n) is 8.69. The van der Waals surface area contributed by atoms with Crippen molar-refractivity contribution in [3.63, 3.8) is 0 Å². The number of aromatic nitrogens is 1. The molecule has 1 amide bonds. The molecular formula is C10H15N3O. The molecule has 0 fully saturated rings. The first-order valence-corrected chi connectivity index (χ1v) is 4.43. The average Bonchev–Trinajstić information content (AvgIpc) is 2.15. The maximum absolute atomic E-state index is 11.7. The van der Waals surface area contributed by atoms with Crippen LogP contribution in [0.4, 0.5) is 0 Å². The Bertz CT molecular complexity index is 316. The fourth-order valence-electron chi connectivity index (χ4n) is 0.917. The van der Waals surface area contributed by atoms with Gasteiger partial charge in [-0.25, -0.2) is 5.84 Å². The Morgan fingerprint density at radius 1 is 1.43 bits per heavy atom. The standard InChI is InChI=1S/C10H15N3O/c1-10(2,3)13(11)9(14)8-6-4-5-7-12-8/h4-7H,11H2,1-3H3. The first-order chi connectivity index (χ1) is 6.43. The average molecular weight is 193 g/mol. The Morgan fingerprint density at radius 2 is 2.07 bits per heavy atom. The van der Waals surface area contributed by atoms with Crippen molar-refractivity contribution < 1.29 is 4.79 Å². The van der Waals surface area contributed by atoms with Crippen molar-refractivity contribution >= 4 is 5.91 Å². The Morgan fingerprint density at radius 3 is 2.50 bits per heavy atom. The van der Waals surface area contributed by atoms with E-state index in [0.29, 0.717) is 5.69 Å². The van der Waals surface area contributed by atoms with E-state index < -0.39 is 5.54 Å². The molecule has 1 rings (SSSR count). The normalized spacial score (nSPS) is 11.1. The van der Waals surface area contributed by atoms with Crippen molar-refractivity contribution in [3.8, 4) is 0 Å². The number of rotatable bonds is 1. The van der Waals surface area contributed by atoms with E-state index in [-0.39, 0.29) is 5.91 Å². The summed E-state index contributed by atoms with van der Waals surface area (Å²) in [4.78, 5) is 15.7. The van der Waals surface area contributed by atoms with Gasteiger partial charge in [0.2, 0.25) is 0 Å². The lowest BCUT2D eigenvalue weighted by molar-refractivity contribution is 0.0575. The van der Waals surface area contributed by atoms with Crippen molar-refractivity contribution in [2.45, 2.75) is 26.3 Å². The fraction of sp³-hybridized carbons (Fsp3) is 0.400. The van der Waals surface area contributed by atoms with Gasteiger partial charge in [0.1, 0.15) is 5.69 Å². The molecule has 1 heterocycles. The number of nitrogens with two attached hydrogens (primary N) is 1. The van der Waals surface area contributed by atoms with Crippen LogP contribution in [0.1, 0.15) is 31.3 Å². The van der Waals surface area contributed by atoms with Gasteiger partial charge in [0, 0.05) is 6.20 Å². The van der Waals surface area contributed by atoms with Gasteiger partial charge in [-0.3, -0.25) is 14.8 Å². The fourth-order valence-corrected chi connectivity index (χ4v) is 0.917. The molecule has 2 N–H and O–H groups in total. The molecule has 0 bridgehead atoms. The molecule has 0 aliphatic carbocycles. The highest BCUT2D eigenvalue weighted by Gasteiger charge is 2.24. The van der Waals surface area contributed by atoms with Crippen LogP contribution in [0.5, 0.6) is 0 Å². The number of carbonyl (C=O) groups is 1. The number of hydrogen-bond donors (Lipinski definition) is 1. The summed E-state index contributed by atoms with van der Waals surface area (Å²) in [6.07, 6.45) is 1.57. The first-order valence-electron chi connectivity index (χ1n) is 4.43. The van der Waals surface area contributed by atoms with E-state index >= 15 is 0 Å². The maximum atomic E-state index is 11.7. The molecule has 0 saturated heterocycles. The molecule has 4 nitrogen and oxygen atoms in total. The Hall–Kier alpha value is -1.42. The third-order valence-electron chi connectivity index (χ3n) is 1.83. The van der Waals surface area contributed by atoms with Crippen molar-refractivity contribution in [1.29, 1.82) is 0 Å². The molecule has 0 atom stereocenters. The summed E-state index contributed by atoms with van der Waals surface area (Å²) in [6, 6.07) is 5.17. The van der Waals surface area contributed by atoms with Crippen LogP contribution in [0.2, 0.25) is 0 Å². The first kappa shape index (κ1) is 10.7. The van der Waals surface area contributed by atoms with Gasteiger partial charge in [-0.15, -0.1) is 0 Å². The quantitative estimate of drug-likeness (QED) is 0.414. The van der Waals surface area contributed by atoms with E-state index in [1.54, 1.807) is 24.4 Å². The van der Waals surface area contributed by atoms with Crippen molar-refractivity contribution in [1.82, 2.24) is 9.99 Å². The van der Waals surface area contributed by atoms with Gasteiger partial charge < -0.3 is 0 Å². The Kier molecular flexibility index (Phi) is 2.86. The lowest BCUT2D eigenvalue weighted by Gasteiger charge is -2.30. The molecule has 1 aromatic heterocycles. The van der Waals surface area contributed by atoms with Gasteiger partial charge in [0.25, 0.3) is 5.91 Å². The molecule has 0 saturated carbocycles. The summed E-state index contributed by atoms with van der Waals surface area (Å²) in [7, 11) is 0. The van der Waals surface area contributed by atoms with Crippen LogP contribution in [0.25, 0.3) is 0 Å². The summed E-state index contributed by atoms with van der Waals surface area (Å²) in [5.41, 5.74) is -0.0286. The summed E-state index contributed by atoms with van der Waals surface area (Å²) >= 11 is 0. The minimum absolute atomic E-state index is 0.266. The van der Waals surface area contributed by atoms with E-state index in [9.17, 15) is 4.79 Å². The van der Waals surface area contributed by atoms with E-state index in [1.807, 2.05) is 20.8 Å². The smallest absolute Gasteiger partial charge is 0.270 e. The zero-order chi connectivity index (χ0) is 10.8. The number of amides is 1. The molecular weight excluding hydrogens is 178 g/mol. The van der Waals surface area contributed by atoms with Crippen molar-refractivity contribution in [2.24, 2.45) is 5.84 Å². The molecule has 0 aliphatic rings. The Labute approximate surface area is 83.7 Å². The summed E-state index contributed by atoms with van der Waals surface area (Å²) in [6.45, 7) is 5.61. The minimum atomic E-state index is -0.394. The maximum Gasteiger partial charge on any atom is 0.286 e. The topological polar surface area (TPSA) is 59.2 Å². The number of pyridine rings is 1. The monoisotopic (exact) mass is 193 g/mol. The molecule has 0 spiro atoms. The molecule has 0 aliphatic heterocycles. The highest BCUT2D eigenvalue weighted by Crippen LogP contribution is 2.11. The van der Waals surface area contributed by atoms with Crippen LogP contribution in [0.15, 0.2) is 24.4 Å². The molecule has 0 unspecified atom stereocenters. The second kappa shape index (κ2) is 3.75. The van der Waals surface area contributed by atoms with E-state index in [1.165, 1.54) is 5.01 Å². The van der Waals surface area contributed by atoms with E-state index in [4.69, 9.17) is 5.84 Å². The zero-order valence-corrected chi connectivity index (χ0v) is 8.69. The molecule has 14 heavy (non-hydrogen) atoms. The lowest BCUT2D eigenvalue weighted by atomic mass is 10.1. The molecule has 76 valence electrons. The second-order valence-electron chi connectivity index (χ2n) is 4.06. The van der Waals surface area contributed by atoms with Gasteiger partial charge in [-0.1, -0.05) is 6.07 Å². The summed E-state index contributed by atoms with van der Waals surface area (Å²) in [5, 5.41) is 1.19. The summed E-state index contributed by atoms with van der Waals surface area (Å²) < 4.78 is 0. The van der Waals surface area contributed by atoms with E-state index in [2.05, 4.69) is 4.98 Å². The predicted octanol–water partition coefficient (Wildman–Crippen LogP) is 1.20. The van der Waals surface area contributed by atoms with Gasteiger partial charge in [-0.2, -0.15) is 0 Å². The second-order valence-corrected chi connectivity index (χ2v) is 4.06. The highest BCUT2D eigenvalue weighted by molar-refractivity contribution is 5.92. The van der Waals surface area contributed by atoms with Crippen molar-refractivity contribution in [3.05, 3.63) is 30.1 Å². The van der Waals surface area contributed by atoms with Gasteiger partial charge in [0.15, 0.2) is 0 Å². The number of hydrogen-bond acceptors (Lipinski definition) is 3. The third kappa shape index (κ3) is 2.29. The largest absolute Gasteiger partial charge is 0.286 e. The molecule has 0 radical (unpaired) electrons. The number of hydrazine groups is 1. The predicted molar refractivity (Wildman–Crippen MR) is 54.3 cm³/mol. The minimum Gasteiger partial charge on any atom is -0.270 e. The lowest BCUT2D eigenvalue weighted by Crippen LogP contribution is -2.50. The highest BCUT2D eigenvalue weighted by atomic mass is 16.2. The summed E-state index contributed by atoms with van der Waals surface area (Å²) in [5.74, 6) is 5.40. The number of carbonyl (C=O) groups excluding carboxylic acids is 1. The van der Waals surface area contributed by atoms with Crippen LogP contribution in [-0.4, -0.2) is 21.4 Å². The van der Waals surface area contributed by atoms with Gasteiger partial charge >= 0.3 is 0 Å². The van der Waals surface area contributed by atoms with Crippen LogP contribution < -0.4 is 5.84 Å². The third-order valence-corrected chi connectivity index (χ3v) is 1.83. The van der Waals surface area contributed by atoms with Crippen LogP contribution in [0, 0.1) is 0 Å². The molecule has 1 aromatic rings. The Balaban J connectivity index is 2.87. The number of nitrogens with zero attached hydrogens (tertiary/aromatic N) is 2. The van der Waals surface area contributed by atoms with Crippen LogP contribution in [-0.2, 0) is 0 Å². The van der Waals surface area contributed by atoms with E-state index in [0.717, 1.165) is 0 Å². The van der Waals surface area contributed by atoms with Crippen molar-refractivity contribution in [2.75, 3.05) is 0 Å². The van der Waals surface area contributed by atoms with Crippen LogP contribution in [0.3, 0.4) is 0 Å².